The van der Waals surface area contributed by atoms with Crippen LogP contribution in [0.15, 0.2) is 12.1 Å². The molecular weight excluding hydrogens is 256 g/mol. The third kappa shape index (κ3) is 2.83. The summed E-state index contributed by atoms with van der Waals surface area (Å²) in [5.74, 6) is -1.50. The number of rotatable bonds is 5. The third-order valence-corrected chi connectivity index (χ3v) is 2.61. The molecule has 0 heterocycles. The van der Waals surface area contributed by atoms with Crippen LogP contribution in [0.5, 0.6) is 11.5 Å². The average molecular weight is 270 g/mol. The highest BCUT2D eigenvalue weighted by Gasteiger charge is 2.29. The van der Waals surface area contributed by atoms with Gasteiger partial charge in [-0.2, -0.15) is 0 Å². The first kappa shape index (κ1) is 14.9. The van der Waals surface area contributed by atoms with E-state index in [0.717, 1.165) is 7.11 Å². The van der Waals surface area contributed by atoms with Crippen LogP contribution >= 0.6 is 0 Å². The van der Waals surface area contributed by atoms with Gasteiger partial charge in [-0.25, -0.2) is 4.79 Å². The summed E-state index contributed by atoms with van der Waals surface area (Å²) in [7, 11) is 2.34. The van der Waals surface area contributed by atoms with Gasteiger partial charge < -0.3 is 24.8 Å². The minimum atomic E-state index is -1.86. The number of hydrogen-bond donors (Lipinski definition) is 3. The van der Waals surface area contributed by atoms with E-state index in [1.165, 1.54) is 19.2 Å². The number of carbonyl (C=O) groups is 2. The molecule has 0 saturated heterocycles. The first-order chi connectivity index (χ1) is 8.97. The Labute approximate surface area is 109 Å². The molecule has 0 spiro atoms. The van der Waals surface area contributed by atoms with Gasteiger partial charge in [-0.1, -0.05) is 6.07 Å². The fraction of sp³-hybridized carbons (Fsp3) is 0.333. The summed E-state index contributed by atoms with van der Waals surface area (Å²) >= 11 is 0. The first-order valence-electron chi connectivity index (χ1n) is 5.26. The number of esters is 1. The second-order valence-electron chi connectivity index (χ2n) is 3.65. The van der Waals surface area contributed by atoms with Gasteiger partial charge in [0.25, 0.3) is 0 Å². The molecule has 0 aromatic heterocycles. The molecule has 0 aliphatic rings. The van der Waals surface area contributed by atoms with Crippen molar-refractivity contribution in [3.05, 3.63) is 23.3 Å². The molecule has 7 heteroatoms. The van der Waals surface area contributed by atoms with E-state index in [9.17, 15) is 24.9 Å². The van der Waals surface area contributed by atoms with Gasteiger partial charge in [0, 0.05) is 0 Å². The topological polar surface area (TPSA) is 113 Å². The molecule has 0 bridgehead atoms. The smallest absolute Gasteiger partial charge is 0.337 e. The molecule has 19 heavy (non-hydrogen) atoms. The number of aromatic hydroxyl groups is 1. The van der Waals surface area contributed by atoms with Gasteiger partial charge in [-0.05, 0) is 11.6 Å². The zero-order valence-corrected chi connectivity index (χ0v) is 10.4. The van der Waals surface area contributed by atoms with Gasteiger partial charge in [-0.15, -0.1) is 0 Å². The van der Waals surface area contributed by atoms with Crippen LogP contribution in [0.3, 0.4) is 0 Å². The van der Waals surface area contributed by atoms with Gasteiger partial charge in [0.15, 0.2) is 23.9 Å². The maximum atomic E-state index is 11.1. The SMILES string of the molecule is COC(=O)C(O)C(O)c1ccc(OC)c(O)c1C=O. The summed E-state index contributed by atoms with van der Waals surface area (Å²) in [6.07, 6.45) is -3.28. The largest absolute Gasteiger partial charge is 0.504 e. The van der Waals surface area contributed by atoms with Crippen molar-refractivity contribution in [3.63, 3.8) is 0 Å². The van der Waals surface area contributed by atoms with Crippen LogP contribution in [-0.4, -0.2) is 47.9 Å². The molecule has 0 aliphatic heterocycles. The van der Waals surface area contributed by atoms with E-state index >= 15 is 0 Å². The highest BCUT2D eigenvalue weighted by atomic mass is 16.5. The number of phenols is 1. The molecular formula is C12H14O7. The van der Waals surface area contributed by atoms with Crippen molar-refractivity contribution < 1.29 is 34.4 Å². The number of phenolic OH excluding ortho intramolecular Hbond substituents is 1. The maximum Gasteiger partial charge on any atom is 0.337 e. The van der Waals surface area contributed by atoms with E-state index in [2.05, 4.69) is 4.74 Å². The number of benzene rings is 1. The van der Waals surface area contributed by atoms with Crippen LogP contribution in [-0.2, 0) is 9.53 Å². The van der Waals surface area contributed by atoms with Crippen molar-refractivity contribution in [2.24, 2.45) is 0 Å². The molecule has 1 aromatic rings. The number of methoxy groups -OCH3 is 2. The Balaban J connectivity index is 3.24. The van der Waals surface area contributed by atoms with E-state index in [0.29, 0.717) is 6.29 Å². The number of aliphatic hydroxyl groups is 2. The summed E-state index contributed by atoms with van der Waals surface area (Å²) in [5.41, 5.74) is -0.374. The fourth-order valence-corrected chi connectivity index (χ4v) is 1.57. The van der Waals surface area contributed by atoms with Crippen LogP contribution < -0.4 is 4.74 Å². The summed E-state index contributed by atoms with van der Waals surface area (Å²) in [6, 6.07) is 2.56. The molecule has 0 amide bonds. The Morgan fingerprint density at radius 1 is 1.32 bits per heavy atom. The van der Waals surface area contributed by atoms with Crippen LogP contribution in [0.2, 0.25) is 0 Å². The van der Waals surface area contributed by atoms with Crippen molar-refractivity contribution >= 4 is 12.3 Å². The zero-order chi connectivity index (χ0) is 14.6. The van der Waals surface area contributed by atoms with Gasteiger partial charge in [0.2, 0.25) is 0 Å². The Kier molecular flexibility index (Phi) is 4.85. The van der Waals surface area contributed by atoms with E-state index in [1.54, 1.807) is 0 Å². The first-order valence-corrected chi connectivity index (χ1v) is 5.26. The highest BCUT2D eigenvalue weighted by Crippen LogP contribution is 2.34. The van der Waals surface area contributed by atoms with Gasteiger partial charge in [0.05, 0.1) is 19.8 Å². The normalized spacial score (nSPS) is 13.5. The number of aliphatic hydroxyl groups excluding tert-OH is 2. The van der Waals surface area contributed by atoms with E-state index in [1.807, 2.05) is 0 Å². The minimum absolute atomic E-state index is 0.0330. The lowest BCUT2D eigenvalue weighted by Crippen LogP contribution is -2.29. The van der Waals surface area contributed by atoms with E-state index in [4.69, 9.17) is 4.74 Å². The zero-order valence-electron chi connectivity index (χ0n) is 10.4. The molecule has 2 atom stereocenters. The second kappa shape index (κ2) is 6.17. The molecule has 104 valence electrons. The Morgan fingerprint density at radius 3 is 2.42 bits per heavy atom. The van der Waals surface area contributed by atoms with E-state index in [-0.39, 0.29) is 16.9 Å². The molecule has 7 nitrogen and oxygen atoms in total. The van der Waals surface area contributed by atoms with Crippen molar-refractivity contribution in [1.29, 1.82) is 0 Å². The number of hydrogen-bond acceptors (Lipinski definition) is 7. The summed E-state index contributed by atoms with van der Waals surface area (Å²) in [6.45, 7) is 0. The Bertz CT molecular complexity index is 483. The number of aldehydes is 1. The quantitative estimate of drug-likeness (QED) is 0.500. The number of ether oxygens (including phenoxy) is 2. The summed E-state index contributed by atoms with van der Waals surface area (Å²) < 4.78 is 9.09. The van der Waals surface area contributed by atoms with Crippen LogP contribution in [0.25, 0.3) is 0 Å². The molecule has 0 saturated carbocycles. The van der Waals surface area contributed by atoms with Crippen LogP contribution in [0.1, 0.15) is 22.0 Å². The molecule has 2 unspecified atom stereocenters. The lowest BCUT2D eigenvalue weighted by molar-refractivity contribution is -0.156. The number of carbonyl (C=O) groups excluding carboxylic acids is 2. The minimum Gasteiger partial charge on any atom is -0.504 e. The van der Waals surface area contributed by atoms with Crippen LogP contribution in [0.4, 0.5) is 0 Å². The van der Waals surface area contributed by atoms with Gasteiger partial charge in [-0.3, -0.25) is 4.79 Å². The van der Waals surface area contributed by atoms with Crippen molar-refractivity contribution in [2.75, 3.05) is 14.2 Å². The lowest BCUT2D eigenvalue weighted by Gasteiger charge is -2.18. The highest BCUT2D eigenvalue weighted by molar-refractivity contribution is 5.84. The van der Waals surface area contributed by atoms with Crippen LogP contribution in [0, 0.1) is 0 Å². The maximum absolute atomic E-state index is 11.1. The predicted octanol–water partition coefficient (Wildman–Crippen LogP) is -0.219. The molecule has 1 aromatic carbocycles. The van der Waals surface area contributed by atoms with Crippen molar-refractivity contribution in [3.8, 4) is 11.5 Å². The monoisotopic (exact) mass is 270 g/mol. The van der Waals surface area contributed by atoms with Gasteiger partial charge >= 0.3 is 5.97 Å². The standard InChI is InChI=1S/C12H14O7/c1-18-8-4-3-6(7(5-13)9(8)14)10(15)11(16)12(17)19-2/h3-5,10-11,14-16H,1-2H3. The third-order valence-electron chi connectivity index (χ3n) is 2.61. The van der Waals surface area contributed by atoms with Crippen molar-refractivity contribution in [1.82, 2.24) is 0 Å². The lowest BCUT2D eigenvalue weighted by atomic mass is 9.98. The average Bonchev–Trinajstić information content (AvgIpc) is 2.44. The summed E-state index contributed by atoms with van der Waals surface area (Å²) in [5, 5.41) is 29.1. The predicted molar refractivity (Wildman–Crippen MR) is 63.0 cm³/mol. The van der Waals surface area contributed by atoms with Crippen molar-refractivity contribution in [2.45, 2.75) is 12.2 Å². The molecule has 3 N–H and O–H groups in total. The van der Waals surface area contributed by atoms with Gasteiger partial charge in [0.1, 0.15) is 6.10 Å². The molecule has 0 fully saturated rings. The van der Waals surface area contributed by atoms with E-state index < -0.39 is 23.9 Å². The summed E-state index contributed by atoms with van der Waals surface area (Å²) in [4.78, 5) is 22.1. The Hall–Kier alpha value is -2.12. The Morgan fingerprint density at radius 2 is 1.95 bits per heavy atom. The molecule has 1 rings (SSSR count). The molecule has 0 aliphatic carbocycles. The fourth-order valence-electron chi connectivity index (χ4n) is 1.57. The molecule has 0 radical (unpaired) electrons. The second-order valence-corrected chi connectivity index (χ2v) is 3.65.